The molecule has 1 aliphatic heterocycles. The van der Waals surface area contributed by atoms with Crippen molar-refractivity contribution in [1.29, 1.82) is 0 Å². The van der Waals surface area contributed by atoms with Gasteiger partial charge in [0.15, 0.2) is 0 Å². The average Bonchev–Trinajstić information content (AvgIpc) is 2.66. The van der Waals surface area contributed by atoms with Gasteiger partial charge in [0.25, 0.3) is 0 Å². The van der Waals surface area contributed by atoms with Crippen LogP contribution < -0.4 is 0 Å². The van der Waals surface area contributed by atoms with Gasteiger partial charge in [-0.2, -0.15) is 0 Å². The van der Waals surface area contributed by atoms with E-state index in [0.29, 0.717) is 17.6 Å². The normalized spacial score (nSPS) is 56.6. The van der Waals surface area contributed by atoms with E-state index in [0.717, 1.165) is 5.92 Å². The molecule has 1 nitrogen and oxygen atoms in total. The number of fused-ring (bicyclic) bond motifs is 5. The maximum atomic E-state index is 5.63. The van der Waals surface area contributed by atoms with Gasteiger partial charge >= 0.3 is 0 Å². The Morgan fingerprint density at radius 2 is 2.55 bits per heavy atom. The van der Waals surface area contributed by atoms with E-state index >= 15 is 0 Å². The van der Waals surface area contributed by atoms with Gasteiger partial charge in [-0.25, -0.2) is 0 Å². The average molecular weight is 150 g/mol. The topological polar surface area (TPSA) is 12.5 Å². The maximum absolute atomic E-state index is 5.63. The molecule has 60 valence electrons. The zero-order valence-electron chi connectivity index (χ0n) is 6.92. The summed E-state index contributed by atoms with van der Waals surface area (Å²) in [7, 11) is 0. The first-order chi connectivity index (χ1) is 5.36. The van der Waals surface area contributed by atoms with Gasteiger partial charge in [-0.3, -0.25) is 0 Å². The van der Waals surface area contributed by atoms with Gasteiger partial charge in [0.2, 0.25) is 0 Å². The van der Waals surface area contributed by atoms with Crippen molar-refractivity contribution < 1.29 is 4.74 Å². The molecule has 0 spiro atoms. The van der Waals surface area contributed by atoms with Crippen molar-refractivity contribution in [1.82, 2.24) is 0 Å². The zero-order chi connectivity index (χ0) is 7.47. The lowest BCUT2D eigenvalue weighted by Gasteiger charge is -2.22. The Labute approximate surface area is 67.4 Å². The Hall–Kier alpha value is -0.300. The molecule has 3 rings (SSSR count). The minimum absolute atomic E-state index is 0.490. The third-order valence-corrected chi connectivity index (χ3v) is 3.52. The van der Waals surface area contributed by atoms with E-state index in [1.807, 2.05) is 0 Å². The Morgan fingerprint density at radius 1 is 1.64 bits per heavy atom. The second kappa shape index (κ2) is 1.71. The molecular weight excluding hydrogens is 136 g/mol. The second-order valence-electron chi connectivity index (χ2n) is 4.23. The van der Waals surface area contributed by atoms with Crippen LogP contribution in [-0.4, -0.2) is 12.2 Å². The Kier molecular flexibility index (Phi) is 0.972. The summed E-state index contributed by atoms with van der Waals surface area (Å²) in [5, 5.41) is 0. The summed E-state index contributed by atoms with van der Waals surface area (Å²) >= 11 is 0. The van der Waals surface area contributed by atoms with E-state index in [1.165, 1.54) is 19.3 Å². The van der Waals surface area contributed by atoms with E-state index < -0.39 is 0 Å². The Morgan fingerprint density at radius 3 is 3.18 bits per heavy atom. The third-order valence-electron chi connectivity index (χ3n) is 3.52. The second-order valence-corrected chi connectivity index (χ2v) is 4.23. The van der Waals surface area contributed by atoms with Crippen LogP contribution >= 0.6 is 0 Å². The minimum Gasteiger partial charge on any atom is -0.368 e. The lowest BCUT2D eigenvalue weighted by molar-refractivity contribution is 0.191. The largest absolute Gasteiger partial charge is 0.368 e. The van der Waals surface area contributed by atoms with Crippen LogP contribution in [-0.2, 0) is 4.74 Å². The molecule has 0 N–H and O–H groups in total. The molecular formula is C10H14O. The highest BCUT2D eigenvalue weighted by molar-refractivity contribution is 5.28. The van der Waals surface area contributed by atoms with Gasteiger partial charge in [-0.15, -0.1) is 0 Å². The fraction of sp³-hybridized carbons (Fsp3) is 0.800. The molecule has 0 aromatic heterocycles. The molecule has 0 aromatic rings. The monoisotopic (exact) mass is 150 g/mol. The van der Waals surface area contributed by atoms with Crippen LogP contribution in [0.4, 0.5) is 0 Å². The van der Waals surface area contributed by atoms with E-state index in [-0.39, 0.29) is 0 Å². The van der Waals surface area contributed by atoms with E-state index in [2.05, 4.69) is 19.1 Å². The van der Waals surface area contributed by atoms with Gasteiger partial charge in [0.1, 0.15) is 0 Å². The van der Waals surface area contributed by atoms with Crippen LogP contribution in [0.5, 0.6) is 0 Å². The molecule has 4 atom stereocenters. The van der Waals surface area contributed by atoms with Crippen LogP contribution in [0.1, 0.15) is 26.2 Å². The first kappa shape index (κ1) is 6.24. The van der Waals surface area contributed by atoms with E-state index in [4.69, 9.17) is 4.74 Å². The lowest BCUT2D eigenvalue weighted by atomic mass is 9.82. The van der Waals surface area contributed by atoms with E-state index in [1.54, 1.807) is 0 Å². The SMILES string of the molecule is CCCC12C=CC(C1)C1OC12. The molecule has 4 unspecified atom stereocenters. The number of hydrogen-bond donors (Lipinski definition) is 0. The number of hydrogen-bond acceptors (Lipinski definition) is 1. The number of epoxide rings is 1. The predicted molar refractivity (Wildman–Crippen MR) is 43.2 cm³/mol. The number of rotatable bonds is 2. The minimum atomic E-state index is 0.490. The summed E-state index contributed by atoms with van der Waals surface area (Å²) in [6, 6.07) is 0. The van der Waals surface area contributed by atoms with Crippen molar-refractivity contribution >= 4 is 0 Å². The summed E-state index contributed by atoms with van der Waals surface area (Å²) in [6.45, 7) is 2.27. The van der Waals surface area contributed by atoms with Crippen molar-refractivity contribution in [3.8, 4) is 0 Å². The molecule has 1 saturated carbocycles. The van der Waals surface area contributed by atoms with Crippen molar-refractivity contribution in [3.63, 3.8) is 0 Å². The molecule has 2 aliphatic carbocycles. The standard InChI is InChI=1S/C10H14O/c1-2-4-10-5-3-7(6-10)8-9(10)11-8/h3,5,7-9H,2,4,6H2,1H3. The molecule has 0 amide bonds. The van der Waals surface area contributed by atoms with Crippen LogP contribution in [0, 0.1) is 11.3 Å². The molecule has 2 fully saturated rings. The third kappa shape index (κ3) is 0.610. The molecule has 2 bridgehead atoms. The van der Waals surface area contributed by atoms with Gasteiger partial charge in [-0.05, 0) is 12.8 Å². The first-order valence-electron chi connectivity index (χ1n) is 4.70. The van der Waals surface area contributed by atoms with Gasteiger partial charge < -0.3 is 4.74 Å². The Balaban J connectivity index is 1.91. The molecule has 3 aliphatic rings. The van der Waals surface area contributed by atoms with Crippen molar-refractivity contribution in [2.75, 3.05) is 0 Å². The van der Waals surface area contributed by atoms with Crippen molar-refractivity contribution in [2.45, 2.75) is 38.4 Å². The van der Waals surface area contributed by atoms with Crippen LogP contribution in [0.3, 0.4) is 0 Å². The maximum Gasteiger partial charge on any atom is 0.0938 e. The van der Waals surface area contributed by atoms with Gasteiger partial charge in [0, 0.05) is 11.3 Å². The highest BCUT2D eigenvalue weighted by atomic mass is 16.6. The molecule has 0 radical (unpaired) electrons. The number of ether oxygens (including phenoxy) is 1. The Bertz CT molecular complexity index is 221. The predicted octanol–water partition coefficient (Wildman–Crippen LogP) is 2.13. The summed E-state index contributed by atoms with van der Waals surface area (Å²) in [5.74, 6) is 0.784. The van der Waals surface area contributed by atoms with Crippen molar-refractivity contribution in [3.05, 3.63) is 12.2 Å². The summed E-state index contributed by atoms with van der Waals surface area (Å²) in [5.41, 5.74) is 0.490. The highest BCUT2D eigenvalue weighted by Gasteiger charge is 2.65. The highest BCUT2D eigenvalue weighted by Crippen LogP contribution is 2.61. The molecule has 11 heavy (non-hydrogen) atoms. The molecule has 1 saturated heterocycles. The van der Waals surface area contributed by atoms with Crippen molar-refractivity contribution in [2.24, 2.45) is 11.3 Å². The quantitative estimate of drug-likeness (QED) is 0.434. The van der Waals surface area contributed by atoms with Crippen LogP contribution in [0.2, 0.25) is 0 Å². The van der Waals surface area contributed by atoms with Gasteiger partial charge in [-0.1, -0.05) is 25.5 Å². The fourth-order valence-electron chi connectivity index (χ4n) is 3.03. The van der Waals surface area contributed by atoms with Crippen LogP contribution in [0.25, 0.3) is 0 Å². The smallest absolute Gasteiger partial charge is 0.0938 e. The zero-order valence-corrected chi connectivity index (χ0v) is 6.92. The summed E-state index contributed by atoms with van der Waals surface area (Å²) in [4.78, 5) is 0. The first-order valence-corrected chi connectivity index (χ1v) is 4.70. The lowest BCUT2D eigenvalue weighted by Crippen LogP contribution is -2.19. The van der Waals surface area contributed by atoms with E-state index in [9.17, 15) is 0 Å². The molecule has 0 aromatic carbocycles. The molecule has 1 heteroatoms. The molecule has 1 heterocycles. The summed E-state index contributed by atoms with van der Waals surface area (Å²) < 4.78 is 5.63. The van der Waals surface area contributed by atoms with Gasteiger partial charge in [0.05, 0.1) is 12.2 Å². The van der Waals surface area contributed by atoms with Crippen LogP contribution in [0.15, 0.2) is 12.2 Å². The summed E-state index contributed by atoms with van der Waals surface area (Å²) in [6.07, 6.45) is 10.1. The fourth-order valence-corrected chi connectivity index (χ4v) is 3.03.